The molecular weight excluding hydrogens is 218 g/mol. The van der Waals surface area contributed by atoms with E-state index in [1.807, 2.05) is 6.92 Å². The van der Waals surface area contributed by atoms with Crippen LogP contribution in [0.4, 0.5) is 0 Å². The number of unbranched alkanes of at least 4 members (excludes halogenated alkanes) is 1. The van der Waals surface area contributed by atoms with Crippen molar-refractivity contribution < 1.29 is 9.59 Å². The maximum Gasteiger partial charge on any atom is 0.236 e. The van der Waals surface area contributed by atoms with E-state index in [0.717, 1.165) is 12.8 Å². The van der Waals surface area contributed by atoms with Crippen molar-refractivity contribution in [1.82, 2.24) is 15.5 Å². The van der Waals surface area contributed by atoms with Gasteiger partial charge in [-0.3, -0.25) is 14.9 Å². The van der Waals surface area contributed by atoms with E-state index in [4.69, 9.17) is 0 Å². The number of rotatable bonds is 8. The SMILES string of the molecule is CCCCNC(=O)C(C)NCC(=O)N(C)CC. The number of carbonyl (C=O) groups is 2. The van der Waals surface area contributed by atoms with Crippen LogP contribution < -0.4 is 10.6 Å². The summed E-state index contributed by atoms with van der Waals surface area (Å²) in [5, 5.41) is 5.74. The van der Waals surface area contributed by atoms with Crippen molar-refractivity contribution >= 4 is 11.8 Å². The molecule has 5 nitrogen and oxygen atoms in total. The Labute approximate surface area is 104 Å². The van der Waals surface area contributed by atoms with Gasteiger partial charge in [0.25, 0.3) is 0 Å². The van der Waals surface area contributed by atoms with E-state index in [9.17, 15) is 9.59 Å². The highest BCUT2D eigenvalue weighted by Gasteiger charge is 2.14. The molecule has 0 bridgehead atoms. The lowest BCUT2D eigenvalue weighted by Crippen LogP contribution is -2.46. The number of nitrogens with one attached hydrogen (secondary N) is 2. The van der Waals surface area contributed by atoms with Gasteiger partial charge in [-0.25, -0.2) is 0 Å². The van der Waals surface area contributed by atoms with Crippen LogP contribution >= 0.6 is 0 Å². The fourth-order valence-electron chi connectivity index (χ4n) is 1.19. The first-order valence-electron chi connectivity index (χ1n) is 6.27. The number of hydrogen-bond donors (Lipinski definition) is 2. The highest BCUT2D eigenvalue weighted by Crippen LogP contribution is 1.87. The van der Waals surface area contributed by atoms with Gasteiger partial charge in [0, 0.05) is 20.1 Å². The lowest BCUT2D eigenvalue weighted by molar-refractivity contribution is -0.129. The van der Waals surface area contributed by atoms with Gasteiger partial charge in [0.1, 0.15) is 0 Å². The predicted molar refractivity (Wildman–Crippen MR) is 68.7 cm³/mol. The molecule has 2 amide bonds. The van der Waals surface area contributed by atoms with E-state index >= 15 is 0 Å². The average Bonchev–Trinajstić information content (AvgIpc) is 2.34. The topological polar surface area (TPSA) is 61.4 Å². The standard InChI is InChI=1S/C12H25N3O2/c1-5-7-8-13-12(17)10(3)14-9-11(16)15(4)6-2/h10,14H,5-9H2,1-4H3,(H,13,17). The molecule has 1 atom stereocenters. The van der Waals surface area contributed by atoms with E-state index in [1.54, 1.807) is 18.9 Å². The summed E-state index contributed by atoms with van der Waals surface area (Å²) >= 11 is 0. The van der Waals surface area contributed by atoms with Gasteiger partial charge in [-0.1, -0.05) is 13.3 Å². The molecule has 2 N–H and O–H groups in total. The third-order valence-corrected chi connectivity index (χ3v) is 2.68. The lowest BCUT2D eigenvalue weighted by atomic mass is 10.3. The van der Waals surface area contributed by atoms with Crippen LogP contribution in [0.3, 0.4) is 0 Å². The third kappa shape index (κ3) is 6.94. The molecule has 0 aromatic carbocycles. The van der Waals surface area contributed by atoms with Gasteiger partial charge in [-0.05, 0) is 20.3 Å². The van der Waals surface area contributed by atoms with Crippen LogP contribution in [-0.2, 0) is 9.59 Å². The van der Waals surface area contributed by atoms with E-state index in [-0.39, 0.29) is 24.4 Å². The van der Waals surface area contributed by atoms with Crippen molar-refractivity contribution in [3.63, 3.8) is 0 Å². The fraction of sp³-hybridized carbons (Fsp3) is 0.833. The molecular formula is C12H25N3O2. The van der Waals surface area contributed by atoms with Crippen LogP contribution in [0.25, 0.3) is 0 Å². The predicted octanol–water partition coefficient (Wildman–Crippen LogP) is 0.359. The Bertz CT molecular complexity index is 244. The first kappa shape index (κ1) is 15.9. The summed E-state index contributed by atoms with van der Waals surface area (Å²) in [6.45, 7) is 7.33. The molecule has 0 aromatic rings. The molecule has 5 heteroatoms. The van der Waals surface area contributed by atoms with Crippen molar-refractivity contribution in [2.75, 3.05) is 26.7 Å². The highest BCUT2D eigenvalue weighted by atomic mass is 16.2. The molecule has 0 fully saturated rings. The molecule has 0 heterocycles. The monoisotopic (exact) mass is 243 g/mol. The van der Waals surface area contributed by atoms with Crippen LogP contribution in [0.2, 0.25) is 0 Å². The molecule has 0 aliphatic carbocycles. The third-order valence-electron chi connectivity index (χ3n) is 2.68. The Morgan fingerprint density at radius 3 is 2.47 bits per heavy atom. The van der Waals surface area contributed by atoms with E-state index in [0.29, 0.717) is 13.1 Å². The van der Waals surface area contributed by atoms with Gasteiger partial charge >= 0.3 is 0 Å². The zero-order valence-electron chi connectivity index (χ0n) is 11.4. The number of amides is 2. The molecule has 0 aliphatic rings. The zero-order chi connectivity index (χ0) is 13.3. The van der Waals surface area contributed by atoms with Crippen molar-refractivity contribution in [2.45, 2.75) is 39.7 Å². The summed E-state index contributed by atoms with van der Waals surface area (Å²) in [5.41, 5.74) is 0. The van der Waals surface area contributed by atoms with E-state index in [2.05, 4.69) is 17.6 Å². The summed E-state index contributed by atoms with van der Waals surface area (Å²) < 4.78 is 0. The summed E-state index contributed by atoms with van der Waals surface area (Å²) in [7, 11) is 1.75. The number of carbonyl (C=O) groups excluding carboxylic acids is 2. The Balaban J connectivity index is 3.81. The minimum Gasteiger partial charge on any atom is -0.355 e. The second-order valence-electron chi connectivity index (χ2n) is 4.16. The van der Waals surface area contributed by atoms with Gasteiger partial charge < -0.3 is 10.2 Å². The summed E-state index contributed by atoms with van der Waals surface area (Å²) in [5.74, 6) is -0.0499. The quantitative estimate of drug-likeness (QED) is 0.605. The van der Waals surface area contributed by atoms with Crippen molar-refractivity contribution in [1.29, 1.82) is 0 Å². The van der Waals surface area contributed by atoms with E-state index in [1.165, 1.54) is 0 Å². The van der Waals surface area contributed by atoms with Crippen molar-refractivity contribution in [3.05, 3.63) is 0 Å². The largest absolute Gasteiger partial charge is 0.355 e. The van der Waals surface area contributed by atoms with E-state index < -0.39 is 0 Å². The van der Waals surface area contributed by atoms with Crippen LogP contribution in [0.15, 0.2) is 0 Å². The maximum absolute atomic E-state index is 11.6. The lowest BCUT2D eigenvalue weighted by Gasteiger charge is -2.17. The summed E-state index contributed by atoms with van der Waals surface area (Å²) in [6.07, 6.45) is 2.04. The molecule has 17 heavy (non-hydrogen) atoms. The van der Waals surface area contributed by atoms with Gasteiger partial charge in [-0.2, -0.15) is 0 Å². The normalized spacial score (nSPS) is 12.0. The molecule has 0 radical (unpaired) electrons. The second kappa shape index (κ2) is 8.98. The van der Waals surface area contributed by atoms with Crippen LogP contribution in [-0.4, -0.2) is 49.4 Å². The van der Waals surface area contributed by atoms with Crippen LogP contribution in [0.1, 0.15) is 33.6 Å². The fourth-order valence-corrected chi connectivity index (χ4v) is 1.19. The number of likely N-dealkylation sites (N-methyl/N-ethyl adjacent to an activating group) is 1. The van der Waals surface area contributed by atoms with Crippen molar-refractivity contribution in [2.24, 2.45) is 0 Å². The second-order valence-corrected chi connectivity index (χ2v) is 4.16. The Kier molecular flexibility index (Phi) is 8.40. The van der Waals surface area contributed by atoms with Crippen LogP contribution in [0, 0.1) is 0 Å². The Hall–Kier alpha value is -1.10. The van der Waals surface area contributed by atoms with Gasteiger partial charge in [-0.15, -0.1) is 0 Å². The molecule has 0 spiro atoms. The number of hydrogen-bond acceptors (Lipinski definition) is 3. The summed E-state index contributed by atoms with van der Waals surface area (Å²) in [4.78, 5) is 24.7. The van der Waals surface area contributed by atoms with Gasteiger partial charge in [0.05, 0.1) is 12.6 Å². The minimum absolute atomic E-state index is 0.000656. The van der Waals surface area contributed by atoms with Gasteiger partial charge in [0.2, 0.25) is 11.8 Å². The minimum atomic E-state index is -0.332. The molecule has 0 aliphatic heterocycles. The first-order chi connectivity index (χ1) is 8.02. The Morgan fingerprint density at radius 2 is 1.94 bits per heavy atom. The smallest absolute Gasteiger partial charge is 0.236 e. The van der Waals surface area contributed by atoms with Crippen molar-refractivity contribution in [3.8, 4) is 0 Å². The number of nitrogens with zero attached hydrogens (tertiary/aromatic N) is 1. The molecule has 1 unspecified atom stereocenters. The molecule has 0 saturated carbocycles. The molecule has 0 rings (SSSR count). The van der Waals surface area contributed by atoms with Gasteiger partial charge in [0.15, 0.2) is 0 Å². The summed E-state index contributed by atoms with van der Waals surface area (Å²) in [6, 6.07) is -0.332. The highest BCUT2D eigenvalue weighted by molar-refractivity contribution is 5.83. The average molecular weight is 243 g/mol. The Morgan fingerprint density at radius 1 is 1.29 bits per heavy atom. The maximum atomic E-state index is 11.6. The molecule has 0 aromatic heterocycles. The molecule has 0 saturated heterocycles. The molecule has 100 valence electrons. The first-order valence-corrected chi connectivity index (χ1v) is 6.27. The zero-order valence-corrected chi connectivity index (χ0v) is 11.4. The van der Waals surface area contributed by atoms with Crippen LogP contribution in [0.5, 0.6) is 0 Å².